The minimum atomic E-state index is -0.428. The lowest BCUT2D eigenvalue weighted by Gasteiger charge is -2.33. The molecule has 0 saturated carbocycles. The first-order valence-electron chi connectivity index (χ1n) is 6.27. The predicted molar refractivity (Wildman–Crippen MR) is 70.5 cm³/mol. The molecular weight excluding hydrogens is 232 g/mol. The Balaban J connectivity index is 2.24. The van der Waals surface area contributed by atoms with E-state index in [2.05, 4.69) is 16.8 Å². The van der Waals surface area contributed by atoms with Crippen molar-refractivity contribution in [1.82, 2.24) is 4.98 Å². The molecule has 0 aliphatic carbocycles. The summed E-state index contributed by atoms with van der Waals surface area (Å²) in [6.45, 7) is 3.97. The van der Waals surface area contributed by atoms with Crippen molar-refractivity contribution in [3.63, 3.8) is 0 Å². The fraction of sp³-hybridized carbons (Fsp3) is 0.583. The van der Waals surface area contributed by atoms with Crippen LogP contribution in [0.1, 0.15) is 26.2 Å². The predicted octanol–water partition coefficient (Wildman–Crippen LogP) is 2.20. The van der Waals surface area contributed by atoms with Crippen LogP contribution >= 0.6 is 0 Å². The van der Waals surface area contributed by atoms with Crippen molar-refractivity contribution in [3.8, 4) is 0 Å². The number of piperidine rings is 1. The first-order chi connectivity index (χ1) is 8.60. The topological polar surface area (TPSA) is 85.3 Å². The summed E-state index contributed by atoms with van der Waals surface area (Å²) in [5, 5.41) is 10.8. The Bertz CT molecular complexity index is 450. The molecule has 0 amide bonds. The average molecular weight is 250 g/mol. The van der Waals surface area contributed by atoms with E-state index >= 15 is 0 Å². The first kappa shape index (κ1) is 12.6. The van der Waals surface area contributed by atoms with Crippen LogP contribution in [0.2, 0.25) is 0 Å². The number of nitrogens with zero attached hydrogens (tertiary/aromatic N) is 3. The largest absolute Gasteiger partial charge is 0.383 e. The summed E-state index contributed by atoms with van der Waals surface area (Å²) >= 11 is 0. The highest BCUT2D eigenvalue weighted by atomic mass is 16.6. The Hall–Kier alpha value is -1.85. The zero-order valence-corrected chi connectivity index (χ0v) is 10.5. The second kappa shape index (κ2) is 5.20. The van der Waals surface area contributed by atoms with E-state index < -0.39 is 4.92 Å². The lowest BCUT2D eigenvalue weighted by Crippen LogP contribution is -2.35. The summed E-state index contributed by atoms with van der Waals surface area (Å²) in [6.07, 6.45) is 3.45. The van der Waals surface area contributed by atoms with Crippen LogP contribution in [0.25, 0.3) is 0 Å². The third-order valence-corrected chi connectivity index (χ3v) is 3.45. The minimum Gasteiger partial charge on any atom is -0.383 e. The molecule has 1 unspecified atom stereocenters. The molecule has 1 aliphatic heterocycles. The summed E-state index contributed by atoms with van der Waals surface area (Å²) in [4.78, 5) is 16.7. The lowest BCUT2D eigenvalue weighted by molar-refractivity contribution is -0.384. The fourth-order valence-electron chi connectivity index (χ4n) is 2.40. The molecule has 98 valence electrons. The number of hydrogen-bond acceptors (Lipinski definition) is 5. The molecule has 1 aliphatic rings. The minimum absolute atomic E-state index is 0.0103. The quantitative estimate of drug-likeness (QED) is 0.656. The van der Waals surface area contributed by atoms with Crippen LogP contribution in [0.4, 0.5) is 17.3 Å². The number of aromatic nitrogens is 1. The van der Waals surface area contributed by atoms with Crippen molar-refractivity contribution < 1.29 is 4.92 Å². The molecule has 1 saturated heterocycles. The molecule has 18 heavy (non-hydrogen) atoms. The van der Waals surface area contributed by atoms with Gasteiger partial charge in [-0.3, -0.25) is 10.1 Å². The van der Waals surface area contributed by atoms with Crippen LogP contribution in [-0.2, 0) is 0 Å². The molecule has 2 N–H and O–H groups in total. The van der Waals surface area contributed by atoms with Crippen molar-refractivity contribution in [2.45, 2.75) is 26.2 Å². The van der Waals surface area contributed by atoms with Crippen LogP contribution < -0.4 is 10.6 Å². The summed E-state index contributed by atoms with van der Waals surface area (Å²) in [6, 6.07) is 2.80. The zero-order valence-electron chi connectivity index (χ0n) is 10.5. The Morgan fingerprint density at radius 1 is 1.61 bits per heavy atom. The molecule has 0 radical (unpaired) electrons. The van der Waals surface area contributed by atoms with E-state index in [0.29, 0.717) is 11.7 Å². The highest BCUT2D eigenvalue weighted by Gasteiger charge is 2.21. The van der Waals surface area contributed by atoms with Gasteiger partial charge in [-0.15, -0.1) is 0 Å². The molecule has 6 nitrogen and oxygen atoms in total. The second-order valence-electron chi connectivity index (χ2n) is 4.73. The van der Waals surface area contributed by atoms with Gasteiger partial charge in [-0.1, -0.05) is 13.3 Å². The van der Waals surface area contributed by atoms with E-state index in [1.54, 1.807) is 0 Å². The van der Waals surface area contributed by atoms with Crippen LogP contribution in [0.3, 0.4) is 0 Å². The van der Waals surface area contributed by atoms with Gasteiger partial charge in [0, 0.05) is 13.1 Å². The monoisotopic (exact) mass is 250 g/mol. The maximum atomic E-state index is 10.8. The molecule has 2 heterocycles. The second-order valence-corrected chi connectivity index (χ2v) is 4.73. The zero-order chi connectivity index (χ0) is 13.1. The fourth-order valence-corrected chi connectivity index (χ4v) is 2.40. The Labute approximate surface area is 106 Å². The van der Waals surface area contributed by atoms with E-state index in [1.807, 2.05) is 0 Å². The highest BCUT2D eigenvalue weighted by Crippen LogP contribution is 2.27. The molecule has 0 aromatic carbocycles. The van der Waals surface area contributed by atoms with Crippen molar-refractivity contribution >= 4 is 17.3 Å². The van der Waals surface area contributed by atoms with Gasteiger partial charge in [0.15, 0.2) is 0 Å². The van der Waals surface area contributed by atoms with Gasteiger partial charge in [-0.05, 0) is 18.8 Å². The van der Waals surface area contributed by atoms with Crippen molar-refractivity contribution in [2.24, 2.45) is 5.92 Å². The lowest BCUT2D eigenvalue weighted by atomic mass is 9.96. The molecule has 0 bridgehead atoms. The van der Waals surface area contributed by atoms with Crippen LogP contribution in [0.15, 0.2) is 12.1 Å². The van der Waals surface area contributed by atoms with Crippen LogP contribution in [0, 0.1) is 16.0 Å². The molecule has 1 aromatic rings. The van der Waals surface area contributed by atoms with Gasteiger partial charge in [-0.2, -0.15) is 0 Å². The standard InChI is InChI=1S/C12H18N4O2/c1-2-9-4-3-5-15(8-9)12-7-10(16(17)18)6-11(13)14-12/h6-7,9H,2-5,8H2,1H3,(H2,13,14). The third kappa shape index (κ3) is 2.69. The van der Waals surface area contributed by atoms with E-state index in [9.17, 15) is 10.1 Å². The summed E-state index contributed by atoms with van der Waals surface area (Å²) in [7, 11) is 0. The molecular formula is C12H18N4O2. The van der Waals surface area contributed by atoms with Crippen molar-refractivity contribution in [1.29, 1.82) is 0 Å². The molecule has 1 aromatic heterocycles. The summed E-state index contributed by atoms with van der Waals surface area (Å²) in [5.41, 5.74) is 5.64. The number of nitrogen functional groups attached to an aromatic ring is 1. The Morgan fingerprint density at radius 2 is 2.39 bits per heavy atom. The molecule has 6 heteroatoms. The third-order valence-electron chi connectivity index (χ3n) is 3.45. The van der Waals surface area contributed by atoms with Gasteiger partial charge in [0.05, 0.1) is 17.1 Å². The highest BCUT2D eigenvalue weighted by molar-refractivity contribution is 5.54. The molecule has 1 atom stereocenters. The molecule has 0 spiro atoms. The maximum Gasteiger partial charge on any atom is 0.276 e. The summed E-state index contributed by atoms with van der Waals surface area (Å²) < 4.78 is 0. The number of hydrogen-bond donors (Lipinski definition) is 1. The van der Waals surface area contributed by atoms with E-state index in [0.717, 1.165) is 25.9 Å². The number of nitro groups is 1. The summed E-state index contributed by atoms with van der Waals surface area (Å²) in [5.74, 6) is 1.47. The maximum absolute atomic E-state index is 10.8. The van der Waals surface area contributed by atoms with Gasteiger partial charge in [0.25, 0.3) is 5.69 Å². The molecule has 1 fully saturated rings. The van der Waals surface area contributed by atoms with E-state index in [4.69, 9.17) is 5.73 Å². The van der Waals surface area contributed by atoms with E-state index in [-0.39, 0.29) is 11.5 Å². The van der Waals surface area contributed by atoms with E-state index in [1.165, 1.54) is 18.6 Å². The van der Waals surface area contributed by atoms with Gasteiger partial charge in [0.1, 0.15) is 11.6 Å². The van der Waals surface area contributed by atoms with Gasteiger partial charge in [0.2, 0.25) is 0 Å². The van der Waals surface area contributed by atoms with Crippen molar-refractivity contribution in [2.75, 3.05) is 23.7 Å². The van der Waals surface area contributed by atoms with Crippen LogP contribution in [-0.4, -0.2) is 23.0 Å². The Morgan fingerprint density at radius 3 is 3.06 bits per heavy atom. The first-order valence-corrected chi connectivity index (χ1v) is 6.27. The number of anilines is 2. The number of pyridine rings is 1. The normalized spacial score (nSPS) is 19.8. The van der Waals surface area contributed by atoms with Crippen molar-refractivity contribution in [3.05, 3.63) is 22.2 Å². The Kier molecular flexibility index (Phi) is 3.64. The SMILES string of the molecule is CCC1CCCN(c2cc([N+](=O)[O-])cc(N)n2)C1. The van der Waals surface area contributed by atoms with Gasteiger partial charge < -0.3 is 10.6 Å². The molecule has 2 rings (SSSR count). The smallest absolute Gasteiger partial charge is 0.276 e. The average Bonchev–Trinajstić information content (AvgIpc) is 2.38. The van der Waals surface area contributed by atoms with Crippen LogP contribution in [0.5, 0.6) is 0 Å². The van der Waals surface area contributed by atoms with Gasteiger partial charge in [-0.25, -0.2) is 4.98 Å². The number of nitrogens with two attached hydrogens (primary N) is 1. The van der Waals surface area contributed by atoms with Gasteiger partial charge >= 0.3 is 0 Å². The number of rotatable bonds is 3.